The van der Waals surface area contributed by atoms with Gasteiger partial charge in [0.05, 0.1) is 0 Å². The topological polar surface area (TPSA) is 17.1 Å². The van der Waals surface area contributed by atoms with Gasteiger partial charge in [0.15, 0.2) is 5.78 Å². The number of carbonyl (C=O) groups excluding carboxylic acids is 1. The molecule has 0 aliphatic heterocycles. The van der Waals surface area contributed by atoms with Crippen LogP contribution in [0.4, 0.5) is 0 Å². The van der Waals surface area contributed by atoms with Crippen LogP contribution in [0.2, 0.25) is 0 Å². The molecule has 0 unspecified atom stereocenters. The summed E-state index contributed by atoms with van der Waals surface area (Å²) >= 11 is 0. The highest BCUT2D eigenvalue weighted by atomic mass is 16.2. The lowest BCUT2D eigenvalue weighted by atomic mass is 11.1. The minimum atomic E-state index is 0.121. The van der Waals surface area contributed by atoms with E-state index in [0.29, 0.717) is 0 Å². The van der Waals surface area contributed by atoms with Crippen LogP contribution < -0.4 is 0 Å². The van der Waals surface area contributed by atoms with Gasteiger partial charge >= 0.3 is 0 Å². The molecule has 0 aliphatic carbocycles. The van der Waals surface area contributed by atoms with Gasteiger partial charge in [0, 0.05) is 5.56 Å². The highest BCUT2D eigenvalue weighted by Crippen LogP contribution is 1.97. The number of carbonyl (C=O) groups is 1. The molecule has 0 fully saturated rings. The molecule has 0 heterocycles. The summed E-state index contributed by atoms with van der Waals surface area (Å²) in [5.41, 5.74) is 0.775. The highest BCUT2D eigenvalue weighted by Gasteiger charge is 1.92. The molecule has 1 rings (SSSR count). The molecule has 0 bridgehead atoms. The Morgan fingerprint density at radius 1 is 1.22 bits per heavy atom. The molecular formula is C8H8O. The number of hydrogen-bond donors (Lipinski definition) is 0. The molecule has 0 aliphatic rings. The van der Waals surface area contributed by atoms with E-state index in [0.717, 1.165) is 5.56 Å². The van der Waals surface area contributed by atoms with Gasteiger partial charge in [-0.3, -0.25) is 4.79 Å². The first-order chi connectivity index (χ1) is 4.30. The first kappa shape index (κ1) is 6.02. The number of Topliss-reactive ketones (excluding diaryl/α,β-unsaturated/α-hetero) is 1. The molecule has 0 spiro atoms. The Labute approximate surface area is 54.3 Å². The van der Waals surface area contributed by atoms with Crippen LogP contribution in [-0.4, -0.2) is 5.78 Å². The summed E-state index contributed by atoms with van der Waals surface area (Å²) in [4.78, 5) is 10.6. The van der Waals surface area contributed by atoms with Crippen molar-refractivity contribution in [3.63, 3.8) is 0 Å². The molecule has 0 amide bonds. The predicted octanol–water partition coefficient (Wildman–Crippen LogP) is 1.89. The first-order valence-electron chi connectivity index (χ1n) is 2.86. The van der Waals surface area contributed by atoms with Gasteiger partial charge in [-0.05, 0) is 6.92 Å². The van der Waals surface area contributed by atoms with Crippen molar-refractivity contribution in [1.29, 1.82) is 0 Å². The molecule has 0 atom stereocenters. The van der Waals surface area contributed by atoms with Crippen LogP contribution in [0.3, 0.4) is 0 Å². The van der Waals surface area contributed by atoms with Crippen LogP contribution in [0.5, 0.6) is 0 Å². The fraction of sp³-hybridized carbons (Fsp3) is 0.125. The monoisotopic (exact) mass is 128 g/mol. The lowest BCUT2D eigenvalue weighted by molar-refractivity contribution is 0.101. The lowest BCUT2D eigenvalue weighted by Crippen LogP contribution is -1.88. The summed E-state index contributed by atoms with van der Waals surface area (Å²) in [5, 5.41) is 0. The molecule has 46 valence electrons. The fourth-order valence-electron chi connectivity index (χ4n) is 0.673. The van der Waals surface area contributed by atoms with Crippen molar-refractivity contribution in [2.45, 2.75) is 6.92 Å². The smallest absolute Gasteiger partial charge is 0.159 e. The zero-order valence-electron chi connectivity index (χ0n) is 5.29. The zero-order chi connectivity index (χ0) is 6.69. The van der Waals surface area contributed by atoms with Crippen molar-refractivity contribution >= 4 is 5.78 Å². The van der Waals surface area contributed by atoms with Crippen LogP contribution >= 0.6 is 0 Å². The minimum Gasteiger partial charge on any atom is -0.295 e. The minimum absolute atomic E-state index is 0.121. The first-order valence-corrected chi connectivity index (χ1v) is 2.86. The summed E-state index contributed by atoms with van der Waals surface area (Å²) in [6, 6.07) is 9.23. The second kappa shape index (κ2) is 2.44. The quantitative estimate of drug-likeness (QED) is 0.417. The largest absolute Gasteiger partial charge is 0.295 e. The molecule has 0 saturated carbocycles. The Balaban J connectivity index is 2.98. The van der Waals surface area contributed by atoms with Crippen LogP contribution in [0.1, 0.15) is 17.3 Å². The van der Waals surface area contributed by atoms with Crippen molar-refractivity contribution in [3.8, 4) is 0 Å². The van der Waals surface area contributed by atoms with Gasteiger partial charge in [-0.15, -0.1) is 0 Å². The highest BCUT2D eigenvalue weighted by molar-refractivity contribution is 5.93. The van der Waals surface area contributed by atoms with Gasteiger partial charge < -0.3 is 0 Å². The summed E-state index contributed by atoms with van der Waals surface area (Å²) in [6.45, 7) is 1.56. The molecule has 1 aromatic rings. The second-order valence-corrected chi connectivity index (χ2v) is 1.92. The number of rotatable bonds is 1. The van der Waals surface area contributed by atoms with E-state index < -0.39 is 0 Å². The molecule has 1 aromatic carbocycles. The molecule has 1 heteroatoms. The Kier molecular flexibility index (Phi) is 1.63. The van der Waals surface area contributed by atoms with Crippen LogP contribution in [0.25, 0.3) is 0 Å². The average Bonchev–Trinajstić information content (AvgIpc) is 1.90. The molecule has 9 heavy (non-hydrogen) atoms. The van der Waals surface area contributed by atoms with E-state index in [4.69, 9.17) is 0 Å². The van der Waals surface area contributed by atoms with Gasteiger partial charge in [-0.2, -0.15) is 0 Å². The predicted molar refractivity (Wildman–Crippen MR) is 36.4 cm³/mol. The van der Waals surface area contributed by atoms with Crippen molar-refractivity contribution in [3.05, 3.63) is 35.9 Å². The van der Waals surface area contributed by atoms with Crippen LogP contribution in [-0.2, 0) is 0 Å². The third-order valence-electron chi connectivity index (χ3n) is 1.18. The summed E-state index contributed by atoms with van der Waals surface area (Å²) < 4.78 is 0. The van der Waals surface area contributed by atoms with E-state index in [1.165, 1.54) is 0 Å². The maximum atomic E-state index is 10.6. The lowest BCUT2D eigenvalue weighted by Gasteiger charge is -1.89. The van der Waals surface area contributed by atoms with Crippen molar-refractivity contribution < 1.29 is 4.79 Å². The van der Waals surface area contributed by atoms with Crippen LogP contribution in [0.15, 0.2) is 30.3 Å². The van der Waals surface area contributed by atoms with Gasteiger partial charge in [0.25, 0.3) is 0 Å². The Bertz CT molecular complexity index is 201. The van der Waals surface area contributed by atoms with Crippen LogP contribution in [0, 0.1) is 0 Å². The Morgan fingerprint density at radius 2 is 1.78 bits per heavy atom. The summed E-state index contributed by atoms with van der Waals surface area (Å²) in [7, 11) is 0. The Hall–Kier alpha value is -1.11. The van der Waals surface area contributed by atoms with E-state index >= 15 is 0 Å². The van der Waals surface area contributed by atoms with Crippen molar-refractivity contribution in [2.75, 3.05) is 0 Å². The standard InChI is InChI=1S/C8H8O/c1-7(9)8-5-3-2-4-6-8/h2-6H,1H3/i1+1,2+1,3+1,4+1,5+1,6+1,7+1,8+1. The van der Waals surface area contributed by atoms with E-state index in [1.807, 2.05) is 30.3 Å². The maximum Gasteiger partial charge on any atom is 0.159 e. The molecule has 0 saturated heterocycles. The van der Waals surface area contributed by atoms with Gasteiger partial charge in [0.1, 0.15) is 0 Å². The molecule has 0 N–H and O–H groups in total. The Morgan fingerprint density at radius 3 is 2.11 bits per heavy atom. The third kappa shape index (κ3) is 1.39. The summed E-state index contributed by atoms with van der Waals surface area (Å²) in [5.74, 6) is 0.121. The van der Waals surface area contributed by atoms with Gasteiger partial charge in [-0.1, -0.05) is 30.3 Å². The zero-order valence-corrected chi connectivity index (χ0v) is 5.29. The average molecular weight is 128 g/mol. The van der Waals surface area contributed by atoms with E-state index in [-0.39, 0.29) is 5.78 Å². The van der Waals surface area contributed by atoms with E-state index in [1.54, 1.807) is 6.92 Å². The van der Waals surface area contributed by atoms with Crippen molar-refractivity contribution in [1.82, 2.24) is 0 Å². The number of benzene rings is 1. The van der Waals surface area contributed by atoms with E-state index in [2.05, 4.69) is 0 Å². The number of ketones is 1. The molecule has 0 radical (unpaired) electrons. The van der Waals surface area contributed by atoms with Crippen molar-refractivity contribution in [2.24, 2.45) is 0 Å². The maximum absolute atomic E-state index is 10.6. The van der Waals surface area contributed by atoms with E-state index in [9.17, 15) is 4.79 Å². The fourth-order valence-corrected chi connectivity index (χ4v) is 0.673. The normalized spacial score (nSPS) is 9.00. The third-order valence-corrected chi connectivity index (χ3v) is 1.18. The summed E-state index contributed by atoms with van der Waals surface area (Å²) in [6.07, 6.45) is 0. The SMILES string of the molecule is [13CH3][13C](=O)[13c]1[13cH][13cH][13cH][13cH][13cH]1. The van der Waals surface area contributed by atoms with Gasteiger partial charge in [0.2, 0.25) is 0 Å². The molecule has 1 nitrogen and oxygen atoms in total. The number of hydrogen-bond acceptors (Lipinski definition) is 1. The molecule has 0 aromatic heterocycles. The van der Waals surface area contributed by atoms with Gasteiger partial charge in [-0.25, -0.2) is 0 Å². The second-order valence-electron chi connectivity index (χ2n) is 1.92. The molecular weight excluding hydrogens is 120 g/mol.